The van der Waals surface area contributed by atoms with E-state index < -0.39 is 0 Å². The number of likely N-dealkylation sites (tertiary alicyclic amines) is 2. The number of amides is 1. The smallest absolute Gasteiger partial charge is 0.226 e. The molecule has 3 aliphatic carbocycles. The Bertz CT molecular complexity index is 522. The molecule has 2 aliphatic heterocycles. The Morgan fingerprint density at radius 3 is 2.36 bits per heavy atom. The minimum Gasteiger partial charge on any atom is -0.381 e. The first-order chi connectivity index (χ1) is 12.1. The minimum absolute atomic E-state index is 0.280. The van der Waals surface area contributed by atoms with E-state index in [-0.39, 0.29) is 5.54 Å². The molecule has 0 N–H and O–H groups in total. The number of carbonyl (C=O) groups is 1. The van der Waals surface area contributed by atoms with Crippen molar-refractivity contribution in [2.24, 2.45) is 29.6 Å². The topological polar surface area (TPSA) is 32.8 Å². The highest BCUT2D eigenvalue weighted by atomic mass is 16.5. The molecule has 4 nitrogen and oxygen atoms in total. The highest BCUT2D eigenvalue weighted by Gasteiger charge is 2.55. The lowest BCUT2D eigenvalue weighted by atomic mass is 9.74. The number of hydrogen-bond donors (Lipinski definition) is 0. The van der Waals surface area contributed by atoms with Crippen LogP contribution in [0.1, 0.15) is 51.9 Å². The summed E-state index contributed by atoms with van der Waals surface area (Å²) in [7, 11) is 0. The van der Waals surface area contributed by atoms with Gasteiger partial charge in [0, 0.05) is 38.8 Å². The first-order valence-corrected chi connectivity index (χ1v) is 10.7. The fraction of sp³-hybridized carbons (Fsp3) is 0.952. The van der Waals surface area contributed by atoms with Crippen molar-refractivity contribution in [1.29, 1.82) is 0 Å². The van der Waals surface area contributed by atoms with Gasteiger partial charge in [0.25, 0.3) is 0 Å². The van der Waals surface area contributed by atoms with Crippen LogP contribution in [0.3, 0.4) is 0 Å². The molecule has 5 aliphatic rings. The molecular formula is C21H34N2O2. The Kier molecular flexibility index (Phi) is 4.12. The van der Waals surface area contributed by atoms with Crippen LogP contribution >= 0.6 is 0 Å². The van der Waals surface area contributed by atoms with Crippen molar-refractivity contribution in [3.63, 3.8) is 0 Å². The van der Waals surface area contributed by atoms with Crippen LogP contribution in [-0.2, 0) is 9.53 Å². The van der Waals surface area contributed by atoms with Gasteiger partial charge in [-0.25, -0.2) is 0 Å². The third kappa shape index (κ3) is 3.49. The van der Waals surface area contributed by atoms with Gasteiger partial charge in [-0.05, 0) is 75.2 Å². The average molecular weight is 347 g/mol. The standard InChI is InChI=1S/C21H34N2O2/c1-15-8-19(15)20(24)22-13-21(14-22)9-18(12-25-11-17-4-5-17)6-7-23(21)10-16-2-3-16/h15-19H,2-14H2,1H3/t15-,18-,19-/m1/s1. The summed E-state index contributed by atoms with van der Waals surface area (Å²) in [6.45, 7) is 8.61. The Morgan fingerprint density at radius 1 is 1.04 bits per heavy atom. The molecule has 0 aromatic carbocycles. The highest BCUT2D eigenvalue weighted by molar-refractivity contribution is 5.82. The second-order valence-electron chi connectivity index (χ2n) is 9.97. The van der Waals surface area contributed by atoms with E-state index in [0.29, 0.717) is 23.7 Å². The maximum Gasteiger partial charge on any atom is 0.226 e. The van der Waals surface area contributed by atoms with Crippen LogP contribution < -0.4 is 0 Å². The van der Waals surface area contributed by atoms with E-state index in [1.54, 1.807) is 0 Å². The van der Waals surface area contributed by atoms with Gasteiger partial charge in [0.1, 0.15) is 0 Å². The number of hydrogen-bond acceptors (Lipinski definition) is 3. The van der Waals surface area contributed by atoms with Gasteiger partial charge in [-0.15, -0.1) is 0 Å². The van der Waals surface area contributed by atoms with E-state index in [1.807, 2.05) is 0 Å². The Labute approximate surface area is 152 Å². The summed E-state index contributed by atoms with van der Waals surface area (Å²) in [5.41, 5.74) is 0.280. The first kappa shape index (κ1) is 16.6. The summed E-state index contributed by atoms with van der Waals surface area (Å²) >= 11 is 0. The monoisotopic (exact) mass is 346 g/mol. The zero-order chi connectivity index (χ0) is 17.0. The molecule has 4 heteroatoms. The van der Waals surface area contributed by atoms with E-state index in [1.165, 1.54) is 51.6 Å². The van der Waals surface area contributed by atoms with Crippen LogP contribution in [0.4, 0.5) is 0 Å². The largest absolute Gasteiger partial charge is 0.381 e. The molecule has 5 rings (SSSR count). The lowest BCUT2D eigenvalue weighted by Crippen LogP contribution is -2.73. The summed E-state index contributed by atoms with van der Waals surface area (Å²) in [5.74, 6) is 3.91. The molecule has 1 spiro atoms. The normalized spacial score (nSPS) is 37.2. The summed E-state index contributed by atoms with van der Waals surface area (Å²) in [5, 5.41) is 0. The molecule has 3 saturated carbocycles. The summed E-state index contributed by atoms with van der Waals surface area (Å²) in [4.78, 5) is 17.5. The molecule has 1 amide bonds. The molecule has 0 aromatic rings. The minimum atomic E-state index is 0.280. The predicted molar refractivity (Wildman–Crippen MR) is 97.1 cm³/mol. The van der Waals surface area contributed by atoms with Crippen molar-refractivity contribution in [3.8, 4) is 0 Å². The SMILES string of the molecule is C[C@@H]1C[C@H]1C(=O)N1CC2(C[C@H](COCC3CC3)CCN2CC2CC2)C1. The van der Waals surface area contributed by atoms with E-state index >= 15 is 0 Å². The molecule has 3 atom stereocenters. The molecule has 0 radical (unpaired) electrons. The van der Waals surface area contributed by atoms with Crippen LogP contribution in [0.15, 0.2) is 0 Å². The van der Waals surface area contributed by atoms with Crippen LogP contribution in [0.25, 0.3) is 0 Å². The Hall–Kier alpha value is -0.610. The van der Waals surface area contributed by atoms with E-state index in [9.17, 15) is 4.79 Å². The Balaban J connectivity index is 1.18. The van der Waals surface area contributed by atoms with Crippen molar-refractivity contribution in [2.45, 2.75) is 57.4 Å². The fourth-order valence-corrected chi connectivity index (χ4v) is 5.12. The second kappa shape index (κ2) is 6.23. The zero-order valence-corrected chi connectivity index (χ0v) is 15.8. The molecule has 0 aromatic heterocycles. The van der Waals surface area contributed by atoms with Gasteiger partial charge in [-0.1, -0.05) is 6.92 Å². The summed E-state index contributed by atoms with van der Waals surface area (Å²) < 4.78 is 6.03. The zero-order valence-electron chi connectivity index (χ0n) is 15.8. The van der Waals surface area contributed by atoms with Gasteiger partial charge >= 0.3 is 0 Å². The molecule has 0 bridgehead atoms. The molecule has 25 heavy (non-hydrogen) atoms. The summed E-state index contributed by atoms with van der Waals surface area (Å²) in [6.07, 6.45) is 9.24. The van der Waals surface area contributed by atoms with Gasteiger partial charge in [-0.2, -0.15) is 0 Å². The van der Waals surface area contributed by atoms with Crippen LogP contribution in [0, 0.1) is 29.6 Å². The molecule has 0 unspecified atom stereocenters. The summed E-state index contributed by atoms with van der Waals surface area (Å²) in [6, 6.07) is 0. The maximum absolute atomic E-state index is 12.6. The van der Waals surface area contributed by atoms with Crippen LogP contribution in [-0.4, -0.2) is 60.6 Å². The van der Waals surface area contributed by atoms with Crippen LogP contribution in [0.5, 0.6) is 0 Å². The molecular weight excluding hydrogens is 312 g/mol. The van der Waals surface area contributed by atoms with Gasteiger partial charge in [-0.3, -0.25) is 9.69 Å². The van der Waals surface area contributed by atoms with Crippen LogP contribution in [0.2, 0.25) is 0 Å². The third-order valence-electron chi connectivity index (χ3n) is 7.43. The maximum atomic E-state index is 12.6. The molecule has 2 saturated heterocycles. The van der Waals surface area contributed by atoms with Gasteiger partial charge < -0.3 is 9.64 Å². The number of piperidine rings is 1. The molecule has 2 heterocycles. The fourth-order valence-electron chi connectivity index (χ4n) is 5.12. The first-order valence-electron chi connectivity index (χ1n) is 10.7. The predicted octanol–water partition coefficient (Wildman–Crippen LogP) is 2.77. The van der Waals surface area contributed by atoms with Gasteiger partial charge in [0.15, 0.2) is 0 Å². The number of rotatable bonds is 7. The highest BCUT2D eigenvalue weighted by Crippen LogP contribution is 2.46. The van der Waals surface area contributed by atoms with Crippen molar-refractivity contribution in [3.05, 3.63) is 0 Å². The van der Waals surface area contributed by atoms with Crippen molar-refractivity contribution < 1.29 is 9.53 Å². The average Bonchev–Trinajstić information content (AvgIpc) is 3.38. The number of ether oxygens (including phenoxy) is 1. The molecule has 140 valence electrons. The van der Waals surface area contributed by atoms with Crippen molar-refractivity contribution in [1.82, 2.24) is 9.80 Å². The van der Waals surface area contributed by atoms with E-state index in [4.69, 9.17) is 4.74 Å². The van der Waals surface area contributed by atoms with E-state index in [2.05, 4.69) is 16.7 Å². The third-order valence-corrected chi connectivity index (χ3v) is 7.43. The lowest BCUT2D eigenvalue weighted by Gasteiger charge is -2.60. The Morgan fingerprint density at radius 2 is 1.72 bits per heavy atom. The van der Waals surface area contributed by atoms with Gasteiger partial charge in [0.05, 0.1) is 5.54 Å². The van der Waals surface area contributed by atoms with E-state index in [0.717, 1.165) is 44.6 Å². The number of nitrogens with zero attached hydrogens (tertiary/aromatic N) is 2. The second-order valence-corrected chi connectivity index (χ2v) is 9.97. The number of carbonyl (C=O) groups excluding carboxylic acids is 1. The quantitative estimate of drug-likeness (QED) is 0.711. The van der Waals surface area contributed by atoms with Crippen molar-refractivity contribution >= 4 is 5.91 Å². The van der Waals surface area contributed by atoms with Gasteiger partial charge in [0.2, 0.25) is 5.91 Å². The lowest BCUT2D eigenvalue weighted by molar-refractivity contribution is -0.155. The van der Waals surface area contributed by atoms with Crippen molar-refractivity contribution in [2.75, 3.05) is 39.4 Å². The molecule has 5 fully saturated rings.